The van der Waals surface area contributed by atoms with Crippen molar-refractivity contribution in [2.24, 2.45) is 11.3 Å². The quantitative estimate of drug-likeness (QED) is 0.615. The summed E-state index contributed by atoms with van der Waals surface area (Å²) >= 11 is 0. The second-order valence-electron chi connectivity index (χ2n) is 4.22. The normalized spacial score (nSPS) is 38.4. The second kappa shape index (κ2) is 3.29. The smallest absolute Gasteiger partial charge is 0.313 e. The zero-order valence-corrected chi connectivity index (χ0v) is 8.14. The van der Waals surface area contributed by atoms with Gasteiger partial charge in [-0.3, -0.25) is 4.79 Å². The lowest BCUT2D eigenvalue weighted by atomic mass is 9.68. The highest BCUT2D eigenvalue weighted by Gasteiger charge is 2.50. The summed E-state index contributed by atoms with van der Waals surface area (Å²) in [4.78, 5) is 11.7. The molecule has 3 nitrogen and oxygen atoms in total. The Morgan fingerprint density at radius 1 is 1.54 bits per heavy atom. The number of esters is 1. The number of carbonyl (C=O) groups excluding carboxylic acids is 1. The van der Waals surface area contributed by atoms with Crippen LogP contribution in [0.3, 0.4) is 0 Å². The van der Waals surface area contributed by atoms with Crippen LogP contribution in [0.4, 0.5) is 0 Å². The fourth-order valence-corrected chi connectivity index (χ4v) is 2.86. The highest BCUT2D eigenvalue weighted by atomic mass is 16.5. The second-order valence-corrected chi connectivity index (χ2v) is 4.22. The number of fused-ring (bicyclic) bond motifs is 1. The van der Waals surface area contributed by atoms with E-state index in [0.717, 1.165) is 19.5 Å². The molecule has 2 atom stereocenters. The first kappa shape index (κ1) is 9.00. The molecule has 2 fully saturated rings. The third kappa shape index (κ3) is 1.26. The molecular formula is C10H17NO2. The molecule has 74 valence electrons. The van der Waals surface area contributed by atoms with Gasteiger partial charge in [0.1, 0.15) is 0 Å². The van der Waals surface area contributed by atoms with E-state index in [1.165, 1.54) is 26.4 Å². The maximum Gasteiger partial charge on any atom is 0.313 e. The largest absolute Gasteiger partial charge is 0.469 e. The van der Waals surface area contributed by atoms with Crippen molar-refractivity contribution in [2.75, 3.05) is 20.2 Å². The van der Waals surface area contributed by atoms with Crippen molar-refractivity contribution in [2.45, 2.75) is 25.7 Å². The molecule has 13 heavy (non-hydrogen) atoms. The minimum atomic E-state index is -0.174. The molecule has 0 bridgehead atoms. The van der Waals surface area contributed by atoms with E-state index in [4.69, 9.17) is 4.74 Å². The molecule has 1 aliphatic heterocycles. The van der Waals surface area contributed by atoms with Gasteiger partial charge in [-0.15, -0.1) is 0 Å². The molecule has 0 spiro atoms. The Balaban J connectivity index is 2.20. The summed E-state index contributed by atoms with van der Waals surface area (Å²) in [5.41, 5.74) is -0.174. The Morgan fingerprint density at radius 2 is 2.38 bits per heavy atom. The molecule has 1 saturated carbocycles. The van der Waals surface area contributed by atoms with Crippen molar-refractivity contribution in [3.05, 3.63) is 0 Å². The van der Waals surface area contributed by atoms with E-state index in [-0.39, 0.29) is 11.4 Å². The van der Waals surface area contributed by atoms with E-state index in [1.807, 2.05) is 0 Å². The highest BCUT2D eigenvalue weighted by molar-refractivity contribution is 5.78. The van der Waals surface area contributed by atoms with Crippen LogP contribution in [0.25, 0.3) is 0 Å². The van der Waals surface area contributed by atoms with Crippen LogP contribution < -0.4 is 5.32 Å². The molecule has 0 unspecified atom stereocenters. The topological polar surface area (TPSA) is 38.3 Å². The number of ether oxygens (including phenoxy) is 1. The van der Waals surface area contributed by atoms with Gasteiger partial charge in [-0.25, -0.2) is 0 Å². The van der Waals surface area contributed by atoms with Crippen LogP contribution in [-0.4, -0.2) is 26.2 Å². The molecule has 0 amide bonds. The first-order chi connectivity index (χ1) is 6.29. The summed E-state index contributed by atoms with van der Waals surface area (Å²) in [6.07, 6.45) is 4.64. The average molecular weight is 183 g/mol. The van der Waals surface area contributed by atoms with E-state index >= 15 is 0 Å². The predicted molar refractivity (Wildman–Crippen MR) is 49.3 cm³/mol. The minimum absolute atomic E-state index is 0.00204. The molecule has 2 aliphatic rings. The Morgan fingerprint density at radius 3 is 3.15 bits per heavy atom. The van der Waals surface area contributed by atoms with Gasteiger partial charge in [0.2, 0.25) is 0 Å². The van der Waals surface area contributed by atoms with Crippen molar-refractivity contribution in [3.8, 4) is 0 Å². The Hall–Kier alpha value is -0.570. The van der Waals surface area contributed by atoms with Gasteiger partial charge in [0.25, 0.3) is 0 Å². The molecule has 1 heterocycles. The van der Waals surface area contributed by atoms with Crippen molar-refractivity contribution in [1.82, 2.24) is 5.32 Å². The molecule has 1 aliphatic carbocycles. The average Bonchev–Trinajstić information content (AvgIpc) is 2.61. The van der Waals surface area contributed by atoms with Gasteiger partial charge in [-0.2, -0.15) is 0 Å². The number of nitrogens with one attached hydrogen (secondary N) is 1. The first-order valence-corrected chi connectivity index (χ1v) is 5.09. The molecule has 0 aromatic carbocycles. The van der Waals surface area contributed by atoms with Gasteiger partial charge in [0.05, 0.1) is 12.5 Å². The maximum atomic E-state index is 11.7. The number of hydrogen-bond acceptors (Lipinski definition) is 3. The van der Waals surface area contributed by atoms with Crippen LogP contribution in [0.15, 0.2) is 0 Å². The summed E-state index contributed by atoms with van der Waals surface area (Å²) in [7, 11) is 1.50. The lowest BCUT2D eigenvalue weighted by molar-refractivity contribution is -0.156. The zero-order chi connectivity index (χ0) is 9.31. The standard InChI is InChI=1S/C10H17NO2/c1-13-9(12)10-5-3-2-4-8(10)6-11-7-10/h8,11H,2-7H2,1H3/t8-,10-/m0/s1. The Bertz CT molecular complexity index is 217. The number of rotatable bonds is 1. The van der Waals surface area contributed by atoms with Gasteiger partial charge >= 0.3 is 5.97 Å². The van der Waals surface area contributed by atoms with Crippen LogP contribution in [-0.2, 0) is 9.53 Å². The third-order valence-corrected chi connectivity index (χ3v) is 3.63. The summed E-state index contributed by atoms with van der Waals surface area (Å²) in [6, 6.07) is 0. The number of methoxy groups -OCH3 is 1. The van der Waals surface area contributed by atoms with Crippen LogP contribution in [0, 0.1) is 11.3 Å². The van der Waals surface area contributed by atoms with Gasteiger partial charge in [0.15, 0.2) is 0 Å². The van der Waals surface area contributed by atoms with Crippen LogP contribution in [0.1, 0.15) is 25.7 Å². The molecule has 1 saturated heterocycles. The molecule has 2 rings (SSSR count). The van der Waals surface area contributed by atoms with E-state index in [9.17, 15) is 4.79 Å². The van der Waals surface area contributed by atoms with E-state index in [2.05, 4.69) is 5.32 Å². The molecule has 0 aromatic rings. The zero-order valence-electron chi connectivity index (χ0n) is 8.14. The van der Waals surface area contributed by atoms with Gasteiger partial charge in [-0.1, -0.05) is 12.8 Å². The number of hydrogen-bond donors (Lipinski definition) is 1. The minimum Gasteiger partial charge on any atom is -0.469 e. The van der Waals surface area contributed by atoms with Gasteiger partial charge < -0.3 is 10.1 Å². The van der Waals surface area contributed by atoms with E-state index in [1.54, 1.807) is 0 Å². The summed E-state index contributed by atoms with van der Waals surface area (Å²) in [6.45, 7) is 1.82. The van der Waals surface area contributed by atoms with Gasteiger partial charge in [0, 0.05) is 6.54 Å². The molecular weight excluding hydrogens is 166 g/mol. The lowest BCUT2D eigenvalue weighted by Gasteiger charge is -2.35. The van der Waals surface area contributed by atoms with Crippen molar-refractivity contribution in [1.29, 1.82) is 0 Å². The third-order valence-electron chi connectivity index (χ3n) is 3.63. The number of carbonyl (C=O) groups is 1. The monoisotopic (exact) mass is 183 g/mol. The van der Waals surface area contributed by atoms with Crippen molar-refractivity contribution < 1.29 is 9.53 Å². The van der Waals surface area contributed by atoms with Crippen LogP contribution >= 0.6 is 0 Å². The predicted octanol–water partition coefficient (Wildman–Crippen LogP) is 0.939. The Labute approximate surface area is 78.8 Å². The van der Waals surface area contributed by atoms with Crippen molar-refractivity contribution in [3.63, 3.8) is 0 Å². The summed E-state index contributed by atoms with van der Waals surface area (Å²) in [5, 5.41) is 3.32. The van der Waals surface area contributed by atoms with Crippen LogP contribution in [0.2, 0.25) is 0 Å². The fourth-order valence-electron chi connectivity index (χ4n) is 2.86. The van der Waals surface area contributed by atoms with Gasteiger partial charge in [-0.05, 0) is 25.3 Å². The maximum absolute atomic E-state index is 11.7. The fraction of sp³-hybridized carbons (Fsp3) is 0.900. The molecule has 0 aromatic heterocycles. The van der Waals surface area contributed by atoms with E-state index < -0.39 is 0 Å². The SMILES string of the molecule is COC(=O)[C@]12CCCC[C@H]1CNC2. The lowest BCUT2D eigenvalue weighted by Crippen LogP contribution is -2.41. The summed E-state index contributed by atoms with van der Waals surface area (Å²) < 4.78 is 4.92. The highest BCUT2D eigenvalue weighted by Crippen LogP contribution is 2.44. The van der Waals surface area contributed by atoms with Crippen LogP contribution in [0.5, 0.6) is 0 Å². The van der Waals surface area contributed by atoms with Crippen molar-refractivity contribution >= 4 is 5.97 Å². The molecule has 1 N–H and O–H groups in total. The summed E-state index contributed by atoms with van der Waals surface area (Å²) in [5.74, 6) is 0.524. The van der Waals surface area contributed by atoms with E-state index in [0.29, 0.717) is 5.92 Å². The first-order valence-electron chi connectivity index (χ1n) is 5.09. The molecule has 3 heteroatoms. The molecule has 0 radical (unpaired) electrons. The Kier molecular flexibility index (Phi) is 2.28.